The number of likely N-dealkylation sites (tertiary alicyclic amines) is 1. The van der Waals surface area contributed by atoms with Gasteiger partial charge in [-0.15, -0.1) is 16.4 Å². The quantitative estimate of drug-likeness (QED) is 0.678. The van der Waals surface area contributed by atoms with Gasteiger partial charge in [0.2, 0.25) is 11.8 Å². The van der Waals surface area contributed by atoms with E-state index < -0.39 is 0 Å². The van der Waals surface area contributed by atoms with Crippen LogP contribution in [0.25, 0.3) is 0 Å². The second-order valence-corrected chi connectivity index (χ2v) is 9.27. The molecule has 2 N–H and O–H groups in total. The molecule has 0 unspecified atom stereocenters. The van der Waals surface area contributed by atoms with Crippen LogP contribution in [0.3, 0.4) is 0 Å². The first kappa shape index (κ1) is 20.4. The first-order valence-corrected chi connectivity index (χ1v) is 11.6. The average molecular weight is 435 g/mol. The van der Waals surface area contributed by atoms with Crippen LogP contribution in [0.2, 0.25) is 0 Å². The number of amides is 2. The van der Waals surface area contributed by atoms with E-state index in [1.54, 1.807) is 11.3 Å². The summed E-state index contributed by atoms with van der Waals surface area (Å²) in [6.45, 7) is 2.67. The van der Waals surface area contributed by atoms with Crippen molar-refractivity contribution in [2.45, 2.75) is 50.5 Å². The number of aromatic nitrogens is 2. The van der Waals surface area contributed by atoms with Gasteiger partial charge in [0.05, 0.1) is 12.2 Å². The molecule has 2 aromatic heterocycles. The van der Waals surface area contributed by atoms with Crippen molar-refractivity contribution in [3.05, 3.63) is 33.5 Å². The van der Waals surface area contributed by atoms with Gasteiger partial charge in [0, 0.05) is 48.4 Å². The molecule has 0 aromatic carbocycles. The van der Waals surface area contributed by atoms with E-state index >= 15 is 0 Å². The van der Waals surface area contributed by atoms with E-state index in [2.05, 4.69) is 37.1 Å². The van der Waals surface area contributed by atoms with Crippen molar-refractivity contribution in [1.82, 2.24) is 30.0 Å². The normalized spacial score (nSPS) is 25.4. The highest BCUT2D eigenvalue weighted by atomic mass is 32.1. The van der Waals surface area contributed by atoms with Crippen molar-refractivity contribution in [3.8, 4) is 0 Å². The summed E-state index contributed by atoms with van der Waals surface area (Å²) in [4.78, 5) is 30.7. The Balaban J connectivity index is 1.32. The number of nitrogens with one attached hydrogen (secondary N) is 2. The van der Waals surface area contributed by atoms with Gasteiger partial charge in [0.15, 0.2) is 0 Å². The topological polar surface area (TPSA) is 90.5 Å². The van der Waals surface area contributed by atoms with Crippen molar-refractivity contribution in [2.75, 3.05) is 20.1 Å². The summed E-state index contributed by atoms with van der Waals surface area (Å²) in [7, 11) is 2.08. The molecule has 8 nitrogen and oxygen atoms in total. The minimum Gasteiger partial charge on any atom is -0.353 e. The third kappa shape index (κ3) is 4.82. The Morgan fingerprint density at radius 2 is 2.34 bits per heavy atom. The monoisotopic (exact) mass is 434 g/mol. The van der Waals surface area contributed by atoms with E-state index in [1.165, 1.54) is 11.5 Å². The minimum absolute atomic E-state index is 0.0583. The highest BCUT2D eigenvalue weighted by Crippen LogP contribution is 2.28. The number of hydrogen-bond donors (Lipinski definition) is 2. The van der Waals surface area contributed by atoms with Crippen LogP contribution in [0.1, 0.15) is 29.8 Å². The molecule has 4 rings (SSSR count). The van der Waals surface area contributed by atoms with Gasteiger partial charge in [-0.25, -0.2) is 0 Å². The van der Waals surface area contributed by atoms with Gasteiger partial charge in [-0.1, -0.05) is 10.6 Å². The molecule has 0 radical (unpaired) electrons. The Morgan fingerprint density at radius 3 is 3.10 bits per heavy atom. The molecule has 2 aliphatic rings. The maximum atomic E-state index is 12.8. The molecule has 0 spiro atoms. The summed E-state index contributed by atoms with van der Waals surface area (Å²) in [6.07, 6.45) is 2.13. The number of hydrogen-bond acceptors (Lipinski definition) is 8. The molecule has 3 atom stereocenters. The molecule has 29 heavy (non-hydrogen) atoms. The van der Waals surface area contributed by atoms with Crippen molar-refractivity contribution in [2.24, 2.45) is 0 Å². The van der Waals surface area contributed by atoms with Gasteiger partial charge in [-0.2, -0.15) is 0 Å². The lowest BCUT2D eigenvalue weighted by Gasteiger charge is -2.33. The third-order valence-corrected chi connectivity index (χ3v) is 7.29. The van der Waals surface area contributed by atoms with E-state index in [1.807, 2.05) is 22.9 Å². The van der Waals surface area contributed by atoms with Crippen LogP contribution in [0, 0.1) is 0 Å². The Labute approximate surface area is 178 Å². The lowest BCUT2D eigenvalue weighted by atomic mass is 10.0. The fourth-order valence-electron chi connectivity index (χ4n) is 4.27. The molecule has 2 amide bonds. The molecule has 0 aliphatic carbocycles. The molecule has 2 fully saturated rings. The highest BCUT2D eigenvalue weighted by molar-refractivity contribution is 7.09. The number of fused-ring (bicyclic) bond motifs is 1. The van der Waals surface area contributed by atoms with Gasteiger partial charge in [-0.3, -0.25) is 19.4 Å². The van der Waals surface area contributed by atoms with Crippen molar-refractivity contribution in [1.29, 1.82) is 0 Å². The number of thiophene rings is 1. The SMILES string of the molecule is CN1[C@@H](CCC(=O)NCc2cccs2)CNC(=O)[C@@H]2[C@H]1CCN2Cc1csnn1. The largest absolute Gasteiger partial charge is 0.353 e. The zero-order valence-corrected chi connectivity index (χ0v) is 18.0. The fraction of sp³-hybridized carbons (Fsp3) is 0.579. The summed E-state index contributed by atoms with van der Waals surface area (Å²) in [5.41, 5.74) is 0.911. The van der Waals surface area contributed by atoms with Gasteiger partial charge < -0.3 is 10.6 Å². The molecule has 2 aliphatic heterocycles. The maximum absolute atomic E-state index is 12.8. The van der Waals surface area contributed by atoms with Crippen LogP contribution in [-0.2, 0) is 22.7 Å². The summed E-state index contributed by atoms with van der Waals surface area (Å²) in [6, 6.07) is 4.14. The minimum atomic E-state index is -0.181. The van der Waals surface area contributed by atoms with E-state index in [9.17, 15) is 9.59 Å². The van der Waals surface area contributed by atoms with E-state index in [0.717, 1.165) is 30.0 Å². The number of carbonyl (C=O) groups excluding carboxylic acids is 2. The van der Waals surface area contributed by atoms with Crippen LogP contribution in [-0.4, -0.2) is 69.5 Å². The van der Waals surface area contributed by atoms with E-state index in [-0.39, 0.29) is 29.9 Å². The van der Waals surface area contributed by atoms with Gasteiger partial charge in [-0.05, 0) is 42.9 Å². The zero-order chi connectivity index (χ0) is 20.2. The van der Waals surface area contributed by atoms with Crippen LogP contribution < -0.4 is 10.6 Å². The third-order valence-electron chi connectivity index (χ3n) is 5.86. The molecule has 4 heterocycles. The highest BCUT2D eigenvalue weighted by Gasteiger charge is 2.45. The summed E-state index contributed by atoms with van der Waals surface area (Å²) >= 11 is 2.98. The van der Waals surface area contributed by atoms with E-state index in [0.29, 0.717) is 26.1 Å². The number of carbonyl (C=O) groups is 2. The summed E-state index contributed by atoms with van der Waals surface area (Å²) in [5.74, 6) is 0.134. The number of rotatable bonds is 7. The molecule has 10 heteroatoms. The second-order valence-electron chi connectivity index (χ2n) is 7.63. The van der Waals surface area contributed by atoms with Gasteiger partial charge >= 0.3 is 0 Å². The van der Waals surface area contributed by atoms with Crippen LogP contribution >= 0.6 is 22.9 Å². The van der Waals surface area contributed by atoms with Crippen LogP contribution in [0.5, 0.6) is 0 Å². The Bertz CT molecular complexity index is 813. The van der Waals surface area contributed by atoms with Crippen LogP contribution in [0.4, 0.5) is 0 Å². The lowest BCUT2D eigenvalue weighted by Crippen LogP contribution is -2.49. The Hall–Kier alpha value is -1.88. The molecular weight excluding hydrogens is 408 g/mol. The fourth-order valence-corrected chi connectivity index (χ4v) is 5.36. The predicted molar refractivity (Wildman–Crippen MR) is 112 cm³/mol. The number of nitrogens with zero attached hydrogens (tertiary/aromatic N) is 4. The molecule has 0 saturated carbocycles. The second kappa shape index (κ2) is 9.29. The number of likely N-dealkylation sites (N-methyl/N-ethyl adjacent to an activating group) is 1. The molecule has 2 aromatic rings. The molecule has 2 saturated heterocycles. The zero-order valence-electron chi connectivity index (χ0n) is 16.4. The maximum Gasteiger partial charge on any atom is 0.239 e. The predicted octanol–water partition coefficient (Wildman–Crippen LogP) is 1.07. The van der Waals surface area contributed by atoms with Crippen molar-refractivity contribution in [3.63, 3.8) is 0 Å². The smallest absolute Gasteiger partial charge is 0.239 e. The van der Waals surface area contributed by atoms with Gasteiger partial charge in [0.25, 0.3) is 0 Å². The standard InChI is InChI=1S/C19H26N6O2S2/c1-24-14(4-5-17(26)20-10-15-3-2-8-28-15)9-21-19(27)18-16(24)6-7-25(18)11-13-12-29-23-22-13/h2-3,8,12,14,16,18H,4-7,9-11H2,1H3,(H,20,26)(H,21,27)/t14-,16+,18-/m0/s1. The first-order chi connectivity index (χ1) is 14.1. The first-order valence-electron chi connectivity index (χ1n) is 9.90. The summed E-state index contributed by atoms with van der Waals surface area (Å²) < 4.78 is 3.92. The Kier molecular flexibility index (Phi) is 6.53. The van der Waals surface area contributed by atoms with Gasteiger partial charge in [0.1, 0.15) is 6.04 Å². The van der Waals surface area contributed by atoms with E-state index in [4.69, 9.17) is 0 Å². The van der Waals surface area contributed by atoms with Crippen molar-refractivity contribution >= 4 is 34.7 Å². The Morgan fingerprint density at radius 1 is 1.45 bits per heavy atom. The van der Waals surface area contributed by atoms with Crippen LogP contribution in [0.15, 0.2) is 22.9 Å². The molecule has 0 bridgehead atoms. The molecule has 156 valence electrons. The van der Waals surface area contributed by atoms with Crippen molar-refractivity contribution < 1.29 is 9.59 Å². The molecular formula is C19H26N6O2S2. The average Bonchev–Trinajstić information content (AvgIpc) is 3.47. The summed E-state index contributed by atoms with van der Waals surface area (Å²) in [5, 5.41) is 14.2. The lowest BCUT2D eigenvalue weighted by molar-refractivity contribution is -0.126.